The summed E-state index contributed by atoms with van der Waals surface area (Å²) in [4.78, 5) is 0. The molecule has 0 aromatic heterocycles. The zero-order valence-corrected chi connectivity index (χ0v) is 7.15. The van der Waals surface area contributed by atoms with E-state index in [0.717, 1.165) is 18.5 Å². The van der Waals surface area contributed by atoms with Gasteiger partial charge in [0.25, 0.3) is 0 Å². The van der Waals surface area contributed by atoms with Crippen LogP contribution in [-0.4, -0.2) is 0 Å². The van der Waals surface area contributed by atoms with Gasteiger partial charge in [0.15, 0.2) is 0 Å². The normalized spacial score (nSPS) is 16.3. The lowest BCUT2D eigenvalue weighted by molar-refractivity contribution is 0.982. The number of hydrogen-bond donors (Lipinski definition) is 1. The molecule has 1 nitrogen and oxygen atoms in total. The lowest BCUT2D eigenvalue weighted by Crippen LogP contribution is -2.00. The van der Waals surface area contributed by atoms with Crippen LogP contribution in [0.1, 0.15) is 33.6 Å². The first kappa shape index (κ1) is 9.28. The van der Waals surface area contributed by atoms with Crippen molar-refractivity contribution in [3.8, 4) is 0 Å². The third-order valence-corrected chi connectivity index (χ3v) is 1.44. The standard InChI is InChI=1S/C7H11N.C2H6/c1-6-4-2-3-5-7(6)8;1-2/h4-5H,2-3,8H2,1H3;1-2H3. The van der Waals surface area contributed by atoms with E-state index in [1.165, 1.54) is 5.57 Å². The molecule has 1 heteroatoms. The highest BCUT2D eigenvalue weighted by Gasteiger charge is 1.96. The molecule has 0 fully saturated rings. The second-order valence-electron chi connectivity index (χ2n) is 2.12. The van der Waals surface area contributed by atoms with E-state index in [1.807, 2.05) is 20.8 Å². The van der Waals surface area contributed by atoms with E-state index in [0.29, 0.717) is 0 Å². The van der Waals surface area contributed by atoms with Crippen molar-refractivity contribution in [2.24, 2.45) is 5.73 Å². The quantitative estimate of drug-likeness (QED) is 0.548. The van der Waals surface area contributed by atoms with Gasteiger partial charge < -0.3 is 5.73 Å². The molecule has 1 aliphatic carbocycles. The highest BCUT2D eigenvalue weighted by Crippen LogP contribution is 2.12. The van der Waals surface area contributed by atoms with E-state index in [9.17, 15) is 0 Å². The van der Waals surface area contributed by atoms with Crippen molar-refractivity contribution in [2.45, 2.75) is 33.6 Å². The second-order valence-corrected chi connectivity index (χ2v) is 2.12. The molecule has 10 heavy (non-hydrogen) atoms. The van der Waals surface area contributed by atoms with Gasteiger partial charge in [-0.3, -0.25) is 0 Å². The summed E-state index contributed by atoms with van der Waals surface area (Å²) >= 11 is 0. The minimum absolute atomic E-state index is 0.955. The van der Waals surface area contributed by atoms with Crippen LogP contribution >= 0.6 is 0 Å². The van der Waals surface area contributed by atoms with Gasteiger partial charge in [-0.05, 0) is 25.3 Å². The molecule has 0 aliphatic heterocycles. The van der Waals surface area contributed by atoms with Crippen LogP contribution in [0.4, 0.5) is 0 Å². The van der Waals surface area contributed by atoms with Crippen molar-refractivity contribution in [2.75, 3.05) is 0 Å². The van der Waals surface area contributed by atoms with Crippen LogP contribution in [0, 0.1) is 0 Å². The Kier molecular flexibility index (Phi) is 4.73. The van der Waals surface area contributed by atoms with Gasteiger partial charge in [-0.1, -0.05) is 26.0 Å². The Labute approximate surface area is 63.6 Å². The Morgan fingerprint density at radius 1 is 1.20 bits per heavy atom. The molecule has 1 aliphatic rings. The van der Waals surface area contributed by atoms with E-state index in [1.54, 1.807) is 0 Å². The Bertz CT molecular complexity index is 125. The lowest BCUT2D eigenvalue weighted by Gasteiger charge is -2.05. The molecule has 0 unspecified atom stereocenters. The smallest absolute Gasteiger partial charge is 0.0300 e. The summed E-state index contributed by atoms with van der Waals surface area (Å²) in [6.07, 6.45) is 6.53. The van der Waals surface area contributed by atoms with E-state index in [-0.39, 0.29) is 0 Å². The molecule has 0 amide bonds. The number of nitrogens with two attached hydrogens (primary N) is 1. The van der Waals surface area contributed by atoms with Crippen molar-refractivity contribution >= 4 is 0 Å². The molecule has 1 rings (SSSR count). The fraction of sp³-hybridized carbons (Fsp3) is 0.556. The van der Waals surface area contributed by atoms with Gasteiger partial charge in [0.2, 0.25) is 0 Å². The fourth-order valence-electron chi connectivity index (χ4n) is 0.818. The zero-order chi connectivity index (χ0) is 7.98. The third kappa shape index (κ3) is 2.72. The second kappa shape index (κ2) is 5.10. The molecule has 0 heterocycles. The maximum absolute atomic E-state index is 5.57. The maximum Gasteiger partial charge on any atom is 0.0300 e. The molecular weight excluding hydrogens is 122 g/mol. The van der Waals surface area contributed by atoms with Gasteiger partial charge in [-0.2, -0.15) is 0 Å². The zero-order valence-electron chi connectivity index (χ0n) is 7.15. The summed E-state index contributed by atoms with van der Waals surface area (Å²) in [5.41, 5.74) is 7.76. The average Bonchev–Trinajstić information content (AvgIpc) is 2.00. The molecule has 0 atom stereocenters. The molecule has 58 valence electrons. The van der Waals surface area contributed by atoms with Gasteiger partial charge in [-0.15, -0.1) is 0 Å². The van der Waals surface area contributed by atoms with Crippen LogP contribution in [0.3, 0.4) is 0 Å². The highest BCUT2D eigenvalue weighted by atomic mass is 14.6. The first-order valence-electron chi connectivity index (χ1n) is 3.93. The molecule has 2 N–H and O–H groups in total. The predicted molar refractivity (Wildman–Crippen MR) is 46.6 cm³/mol. The summed E-state index contributed by atoms with van der Waals surface area (Å²) < 4.78 is 0. The minimum Gasteiger partial charge on any atom is -0.399 e. The number of allylic oxidation sites excluding steroid dienone is 3. The van der Waals surface area contributed by atoms with E-state index < -0.39 is 0 Å². The molecule has 0 radical (unpaired) electrons. The molecular formula is C9H17N. The Morgan fingerprint density at radius 3 is 2.00 bits per heavy atom. The van der Waals surface area contributed by atoms with Crippen molar-refractivity contribution in [3.63, 3.8) is 0 Å². The first-order chi connectivity index (χ1) is 4.80. The van der Waals surface area contributed by atoms with Crippen LogP contribution in [0.5, 0.6) is 0 Å². The molecule has 0 saturated heterocycles. The van der Waals surface area contributed by atoms with Gasteiger partial charge in [0.1, 0.15) is 0 Å². The molecule has 0 spiro atoms. The number of hydrogen-bond acceptors (Lipinski definition) is 1. The average molecular weight is 139 g/mol. The largest absolute Gasteiger partial charge is 0.399 e. The minimum atomic E-state index is 0.955. The first-order valence-corrected chi connectivity index (χ1v) is 3.93. The Hall–Kier alpha value is -0.720. The predicted octanol–water partition coefficient (Wildman–Crippen LogP) is 2.60. The topological polar surface area (TPSA) is 26.0 Å². The highest BCUT2D eigenvalue weighted by molar-refractivity contribution is 5.28. The van der Waals surface area contributed by atoms with Crippen LogP contribution in [0.15, 0.2) is 23.4 Å². The number of rotatable bonds is 0. The van der Waals surface area contributed by atoms with Crippen LogP contribution in [-0.2, 0) is 0 Å². The van der Waals surface area contributed by atoms with Crippen molar-refractivity contribution in [3.05, 3.63) is 23.4 Å². The Balaban J connectivity index is 0.000000371. The molecule has 0 aromatic carbocycles. The van der Waals surface area contributed by atoms with E-state index in [2.05, 4.69) is 12.2 Å². The monoisotopic (exact) mass is 139 g/mol. The lowest BCUT2D eigenvalue weighted by atomic mass is 10.1. The summed E-state index contributed by atoms with van der Waals surface area (Å²) in [5.74, 6) is 0. The van der Waals surface area contributed by atoms with Crippen molar-refractivity contribution in [1.29, 1.82) is 0 Å². The van der Waals surface area contributed by atoms with Crippen LogP contribution in [0.2, 0.25) is 0 Å². The summed E-state index contributed by atoms with van der Waals surface area (Å²) in [6, 6.07) is 0. The van der Waals surface area contributed by atoms with E-state index >= 15 is 0 Å². The summed E-state index contributed by atoms with van der Waals surface area (Å²) in [5, 5.41) is 0. The summed E-state index contributed by atoms with van der Waals surface area (Å²) in [6.45, 7) is 6.05. The summed E-state index contributed by atoms with van der Waals surface area (Å²) in [7, 11) is 0. The molecule has 0 bridgehead atoms. The van der Waals surface area contributed by atoms with Crippen molar-refractivity contribution < 1.29 is 0 Å². The van der Waals surface area contributed by atoms with Gasteiger partial charge in [0.05, 0.1) is 0 Å². The maximum atomic E-state index is 5.57. The van der Waals surface area contributed by atoms with Gasteiger partial charge in [0, 0.05) is 5.70 Å². The molecule has 0 aromatic rings. The Morgan fingerprint density at radius 2 is 1.70 bits per heavy atom. The van der Waals surface area contributed by atoms with Gasteiger partial charge >= 0.3 is 0 Å². The third-order valence-electron chi connectivity index (χ3n) is 1.44. The van der Waals surface area contributed by atoms with Crippen molar-refractivity contribution in [1.82, 2.24) is 0 Å². The fourth-order valence-corrected chi connectivity index (χ4v) is 0.818. The van der Waals surface area contributed by atoms with Crippen LogP contribution < -0.4 is 5.73 Å². The van der Waals surface area contributed by atoms with Crippen LogP contribution in [0.25, 0.3) is 0 Å². The van der Waals surface area contributed by atoms with E-state index in [4.69, 9.17) is 5.73 Å². The van der Waals surface area contributed by atoms with Gasteiger partial charge in [-0.25, -0.2) is 0 Å². The molecule has 0 saturated carbocycles. The SMILES string of the molecule is CC.CC1=CCCC=C1N.